The van der Waals surface area contributed by atoms with Gasteiger partial charge in [0, 0.05) is 8.07 Å². The summed E-state index contributed by atoms with van der Waals surface area (Å²) < 4.78 is 0. The molecule has 5 heteroatoms. The Morgan fingerprint density at radius 2 is 1.57 bits per heavy atom. The van der Waals surface area contributed by atoms with Crippen LogP contribution in [-0.2, 0) is 21.7 Å². The molecular weight excluding hydrogens is 290 g/mol. The van der Waals surface area contributed by atoms with Crippen molar-refractivity contribution in [2.45, 2.75) is 26.1 Å². The van der Waals surface area contributed by atoms with Crippen molar-refractivity contribution < 1.29 is 58.9 Å². The fourth-order valence-corrected chi connectivity index (χ4v) is 2.17. The molecule has 1 aliphatic rings. The zero-order chi connectivity index (χ0) is 6.91. The Morgan fingerprint density at radius 3 is 1.71 bits per heavy atom. The second kappa shape index (κ2) is 12.4. The van der Waals surface area contributed by atoms with Crippen LogP contribution in [0.4, 0.5) is 0 Å². The molecule has 0 unspecified atom stereocenters. The summed E-state index contributed by atoms with van der Waals surface area (Å²) in [6.07, 6.45) is 8.82. The summed E-state index contributed by atoms with van der Waals surface area (Å²) in [4.78, 5) is 0. The first-order chi connectivity index (χ1) is 4.11. The van der Waals surface area contributed by atoms with E-state index in [2.05, 4.69) is 37.9 Å². The van der Waals surface area contributed by atoms with Crippen LogP contribution in [0, 0.1) is 13.5 Å². The fraction of sp³-hybridized carbons (Fsp3) is 0.444. The molecule has 0 nitrogen and oxygen atoms in total. The molecule has 0 saturated carbocycles. The van der Waals surface area contributed by atoms with Crippen LogP contribution < -0.4 is 37.2 Å². The molecule has 0 amide bonds. The summed E-state index contributed by atoms with van der Waals surface area (Å²) in [6.45, 7) is 7.06. The first-order valence-corrected chi connectivity index (χ1v) is 6.88. The zero-order valence-corrected chi connectivity index (χ0v) is 13.8. The van der Waals surface area contributed by atoms with E-state index in [0.717, 1.165) is 6.42 Å². The summed E-state index contributed by atoms with van der Waals surface area (Å²) in [5.41, 5.74) is 0. The number of rotatable bonds is 1. The molecular formula is C9H16Cl3SiTi-3. The maximum atomic E-state index is 3.36. The summed E-state index contributed by atoms with van der Waals surface area (Å²) in [5.74, 6) is 0. The van der Waals surface area contributed by atoms with Gasteiger partial charge in [-0.05, 0) is 0 Å². The van der Waals surface area contributed by atoms with Gasteiger partial charge in [-0.25, -0.2) is 11.3 Å². The second-order valence-corrected chi connectivity index (χ2v) is 8.49. The molecule has 0 aliphatic heterocycles. The minimum atomic E-state index is -1.01. The van der Waals surface area contributed by atoms with Gasteiger partial charge in [-0.1, -0.05) is 19.6 Å². The van der Waals surface area contributed by atoms with E-state index in [-0.39, 0.29) is 66.4 Å². The third kappa shape index (κ3) is 9.82. The third-order valence-corrected chi connectivity index (χ3v) is 3.46. The van der Waals surface area contributed by atoms with Crippen LogP contribution in [0.2, 0.25) is 19.6 Å². The Labute approximate surface area is 123 Å². The number of hydrogen-bond donors (Lipinski definition) is 0. The Bertz CT molecular complexity index is 173. The van der Waals surface area contributed by atoms with Gasteiger partial charge in [0.1, 0.15) is 0 Å². The average molecular weight is 307 g/mol. The van der Waals surface area contributed by atoms with Crippen LogP contribution in [0.5, 0.6) is 0 Å². The van der Waals surface area contributed by atoms with Gasteiger partial charge in [-0.3, -0.25) is 6.08 Å². The number of allylic oxidation sites excluding steroid dienone is 4. The van der Waals surface area contributed by atoms with E-state index >= 15 is 0 Å². The van der Waals surface area contributed by atoms with E-state index in [0.29, 0.717) is 0 Å². The maximum absolute atomic E-state index is 3.36. The first kappa shape index (κ1) is 29.5. The van der Waals surface area contributed by atoms with Crippen LogP contribution in [0.3, 0.4) is 0 Å². The van der Waals surface area contributed by atoms with Gasteiger partial charge < -0.3 is 44.6 Å². The molecule has 84 valence electrons. The van der Waals surface area contributed by atoms with Gasteiger partial charge in [0.25, 0.3) is 0 Å². The topological polar surface area (TPSA) is 0 Å². The van der Waals surface area contributed by atoms with Crippen molar-refractivity contribution in [3.05, 3.63) is 30.9 Å². The predicted molar refractivity (Wildman–Crippen MR) is 50.3 cm³/mol. The molecule has 1 aliphatic carbocycles. The molecule has 1 rings (SSSR count). The number of halogens is 3. The molecule has 0 fully saturated rings. The summed E-state index contributed by atoms with van der Waals surface area (Å²) in [5, 5.41) is 1.49. The van der Waals surface area contributed by atoms with E-state index in [1.165, 1.54) is 5.20 Å². The Morgan fingerprint density at radius 1 is 1.14 bits per heavy atom. The minimum Gasteiger partial charge on any atom is -1.00 e. The van der Waals surface area contributed by atoms with Crippen molar-refractivity contribution in [3.63, 3.8) is 0 Å². The maximum Gasteiger partial charge on any atom is 2.00 e. The third-order valence-electron chi connectivity index (χ3n) is 1.50. The summed E-state index contributed by atoms with van der Waals surface area (Å²) in [6, 6.07) is 0. The molecule has 14 heavy (non-hydrogen) atoms. The van der Waals surface area contributed by atoms with Gasteiger partial charge in [0.2, 0.25) is 0 Å². The molecule has 0 atom stereocenters. The van der Waals surface area contributed by atoms with Crippen molar-refractivity contribution in [2.75, 3.05) is 0 Å². The van der Waals surface area contributed by atoms with Gasteiger partial charge in [-0.2, -0.15) is 6.08 Å². The number of hydrogen-bond acceptors (Lipinski definition) is 0. The Balaban J connectivity index is -0.0000000540. The second-order valence-electron chi connectivity index (χ2n) is 3.45. The molecule has 0 heterocycles. The van der Waals surface area contributed by atoms with Crippen LogP contribution in [0.15, 0.2) is 17.3 Å². The van der Waals surface area contributed by atoms with Gasteiger partial charge in [-0.15, -0.1) is 6.42 Å². The largest absolute Gasteiger partial charge is 2.00 e. The molecule has 0 radical (unpaired) electrons. The van der Waals surface area contributed by atoms with Crippen LogP contribution in [0.1, 0.15) is 6.42 Å². The fourth-order valence-electron chi connectivity index (χ4n) is 0.920. The van der Waals surface area contributed by atoms with Gasteiger partial charge >= 0.3 is 21.7 Å². The normalized spacial score (nSPS) is 11.8. The van der Waals surface area contributed by atoms with Crippen molar-refractivity contribution in [2.24, 2.45) is 0 Å². The molecule has 0 aromatic rings. The molecule has 0 saturated heterocycles. The Kier molecular flexibility index (Phi) is 26.0. The van der Waals surface area contributed by atoms with E-state index in [1.807, 2.05) is 0 Å². The van der Waals surface area contributed by atoms with Gasteiger partial charge in [0.15, 0.2) is 0 Å². The monoisotopic (exact) mass is 305 g/mol. The SMILES string of the molecule is C[Si](C)(C)C1=[C-]CC=C1.[CH3-].[Cl-].[Cl-].[Cl-].[Ti+2]. The molecule has 0 bridgehead atoms. The quantitative estimate of drug-likeness (QED) is 0.334. The molecule has 0 N–H and O–H groups in total. The van der Waals surface area contributed by atoms with E-state index in [9.17, 15) is 0 Å². The standard InChI is InChI=1S/C8H13Si.CH3.3ClH.Ti/c1-9(2,3)8-6-4-5-7-8;;;;;/h4,6H,5H2,1-3H3;1H3;3*1H;/q2*-1;;;;+2/p-3. The van der Waals surface area contributed by atoms with Crippen molar-refractivity contribution in [1.82, 2.24) is 0 Å². The van der Waals surface area contributed by atoms with Crippen LogP contribution in [-0.4, -0.2) is 8.07 Å². The molecule has 0 aromatic heterocycles. The zero-order valence-electron chi connectivity index (χ0n) is 9.00. The molecule has 0 spiro atoms. The van der Waals surface area contributed by atoms with Crippen LogP contribution in [0.25, 0.3) is 0 Å². The van der Waals surface area contributed by atoms with Crippen molar-refractivity contribution >= 4 is 8.07 Å². The van der Waals surface area contributed by atoms with E-state index < -0.39 is 8.07 Å². The molecule has 0 aromatic carbocycles. The van der Waals surface area contributed by atoms with Gasteiger partial charge in [0.05, 0.1) is 0 Å². The summed E-state index contributed by atoms with van der Waals surface area (Å²) in [7, 11) is -1.01. The van der Waals surface area contributed by atoms with Crippen molar-refractivity contribution in [3.8, 4) is 0 Å². The first-order valence-electron chi connectivity index (χ1n) is 3.38. The van der Waals surface area contributed by atoms with Crippen molar-refractivity contribution in [1.29, 1.82) is 0 Å². The Hall–Kier alpha value is 1.28. The minimum absolute atomic E-state index is 0. The smallest absolute Gasteiger partial charge is 1.00 e. The average Bonchev–Trinajstić information content (AvgIpc) is 2.08. The van der Waals surface area contributed by atoms with E-state index in [1.54, 1.807) is 0 Å². The summed E-state index contributed by atoms with van der Waals surface area (Å²) >= 11 is 0. The van der Waals surface area contributed by atoms with E-state index in [4.69, 9.17) is 0 Å². The van der Waals surface area contributed by atoms with Crippen LogP contribution >= 0.6 is 0 Å². The predicted octanol–water partition coefficient (Wildman–Crippen LogP) is -5.99.